The molecule has 55 heavy (non-hydrogen) atoms. The van der Waals surface area contributed by atoms with E-state index < -0.39 is 0 Å². The molecule has 0 aromatic rings. The molecule has 0 aliphatic rings. The Morgan fingerprint density at radius 1 is 0.509 bits per heavy atom. The summed E-state index contributed by atoms with van der Waals surface area (Å²) in [7, 11) is 1.86. The second-order valence-electron chi connectivity index (χ2n) is 16.3. The zero-order valence-electron chi connectivity index (χ0n) is 37.1. The summed E-state index contributed by atoms with van der Waals surface area (Å²) in [6, 6.07) is 0. The zero-order valence-corrected chi connectivity index (χ0v) is 38.0. The average Bonchev–Trinajstić information content (AvgIpc) is 3.18. The Labute approximate surface area is 347 Å². The number of nitrogens with zero attached hydrogens (tertiary/aromatic N) is 1. The van der Waals surface area contributed by atoms with Gasteiger partial charge in [-0.3, -0.25) is 9.59 Å². The third kappa shape index (κ3) is 40.6. The third-order valence-corrected chi connectivity index (χ3v) is 11.3. The Bertz CT molecular complexity index is 829. The SMILES string of the molecule is CCCCCCCCCOC(=O)CCCCCCCN(CCCCCCCC(=O)OC(CCCCCCCC)CCCCCCCC)CCCNC(=S)NC. The van der Waals surface area contributed by atoms with Crippen molar-refractivity contribution in [3.63, 3.8) is 0 Å². The van der Waals surface area contributed by atoms with Crippen molar-refractivity contribution >= 4 is 29.3 Å². The molecule has 0 aromatic carbocycles. The van der Waals surface area contributed by atoms with Crippen molar-refractivity contribution in [3.8, 4) is 0 Å². The van der Waals surface area contributed by atoms with Crippen LogP contribution in [0.15, 0.2) is 0 Å². The van der Waals surface area contributed by atoms with Crippen LogP contribution in [0, 0.1) is 0 Å². The molecule has 0 rings (SSSR count). The van der Waals surface area contributed by atoms with E-state index in [0.717, 1.165) is 77.5 Å². The lowest BCUT2D eigenvalue weighted by Gasteiger charge is -2.22. The number of nitrogens with one attached hydrogen (secondary N) is 2. The van der Waals surface area contributed by atoms with Crippen LogP contribution in [-0.4, -0.2) is 67.9 Å². The Kier molecular flexibility index (Phi) is 42.6. The molecule has 0 amide bonds. The molecule has 326 valence electrons. The number of unbranched alkanes of at least 4 members (excludes halogenated alkanes) is 24. The maximum absolute atomic E-state index is 12.8. The van der Waals surface area contributed by atoms with Crippen LogP contribution in [0.5, 0.6) is 0 Å². The molecule has 0 bridgehead atoms. The fourth-order valence-electron chi connectivity index (χ4n) is 7.33. The highest BCUT2D eigenvalue weighted by Crippen LogP contribution is 2.18. The number of esters is 2. The maximum atomic E-state index is 12.8. The summed E-state index contributed by atoms with van der Waals surface area (Å²) in [6.45, 7) is 11.6. The van der Waals surface area contributed by atoms with Gasteiger partial charge in [0.25, 0.3) is 0 Å². The lowest BCUT2D eigenvalue weighted by atomic mass is 10.0. The van der Waals surface area contributed by atoms with Crippen LogP contribution in [-0.2, 0) is 19.1 Å². The molecule has 0 unspecified atom stereocenters. The van der Waals surface area contributed by atoms with Crippen LogP contribution >= 0.6 is 12.2 Å². The van der Waals surface area contributed by atoms with Crippen molar-refractivity contribution < 1.29 is 19.1 Å². The van der Waals surface area contributed by atoms with Crippen LogP contribution in [0.1, 0.15) is 239 Å². The fraction of sp³-hybridized carbons (Fsp3) is 0.936. The molecule has 7 nitrogen and oxygen atoms in total. The normalized spacial score (nSPS) is 11.4. The second-order valence-corrected chi connectivity index (χ2v) is 16.7. The summed E-state index contributed by atoms with van der Waals surface area (Å²) in [5, 5.41) is 6.99. The quantitative estimate of drug-likeness (QED) is 0.0359. The minimum atomic E-state index is -0.0188. The molecule has 2 N–H and O–H groups in total. The summed E-state index contributed by atoms with van der Waals surface area (Å²) in [4.78, 5) is 27.5. The molecule has 0 saturated carbocycles. The number of carbonyl (C=O) groups excluding carboxylic acids is 2. The number of hydrogen-bond acceptors (Lipinski definition) is 6. The first-order valence-electron chi connectivity index (χ1n) is 24.0. The van der Waals surface area contributed by atoms with Crippen LogP contribution in [0.3, 0.4) is 0 Å². The Morgan fingerprint density at radius 3 is 1.40 bits per heavy atom. The predicted octanol–water partition coefficient (Wildman–Crippen LogP) is 13.2. The molecule has 0 radical (unpaired) electrons. The van der Waals surface area contributed by atoms with Gasteiger partial charge in [0.05, 0.1) is 6.61 Å². The highest BCUT2D eigenvalue weighted by atomic mass is 32.1. The average molecular weight is 796 g/mol. The lowest BCUT2D eigenvalue weighted by molar-refractivity contribution is -0.150. The molecule has 0 aliphatic carbocycles. The standard InChI is InChI=1S/C47H93N3O4S/c1-5-8-11-14-17-26-33-43-53-45(51)37-29-22-18-24-31-40-50(42-34-39-49-47(55)48-4)41-32-25-19-23-30-38-46(52)54-44(35-27-20-15-12-9-6-2)36-28-21-16-13-10-7-3/h44H,5-43H2,1-4H3,(H2,48,49,55). The smallest absolute Gasteiger partial charge is 0.306 e. The first kappa shape index (κ1) is 53.6. The number of carbonyl (C=O) groups is 2. The van der Waals surface area contributed by atoms with Gasteiger partial charge in [0.1, 0.15) is 6.10 Å². The van der Waals surface area contributed by atoms with E-state index in [1.165, 1.54) is 154 Å². The predicted molar refractivity (Wildman–Crippen MR) is 241 cm³/mol. The van der Waals surface area contributed by atoms with E-state index in [-0.39, 0.29) is 18.0 Å². The topological polar surface area (TPSA) is 79.9 Å². The van der Waals surface area contributed by atoms with E-state index in [1.54, 1.807) is 0 Å². The van der Waals surface area contributed by atoms with E-state index in [4.69, 9.17) is 21.7 Å². The third-order valence-electron chi connectivity index (χ3n) is 10.9. The number of rotatable bonds is 43. The van der Waals surface area contributed by atoms with Crippen molar-refractivity contribution in [1.29, 1.82) is 0 Å². The zero-order chi connectivity index (χ0) is 40.3. The maximum Gasteiger partial charge on any atom is 0.306 e. The highest BCUT2D eigenvalue weighted by Gasteiger charge is 2.14. The molecule has 0 fully saturated rings. The second kappa shape index (κ2) is 43.7. The Hall–Kier alpha value is -1.41. The van der Waals surface area contributed by atoms with E-state index >= 15 is 0 Å². The van der Waals surface area contributed by atoms with E-state index in [9.17, 15) is 9.59 Å². The summed E-state index contributed by atoms with van der Waals surface area (Å²) < 4.78 is 11.5. The van der Waals surface area contributed by atoms with Crippen molar-refractivity contribution in [2.24, 2.45) is 0 Å². The first-order valence-corrected chi connectivity index (χ1v) is 24.4. The Morgan fingerprint density at radius 2 is 0.909 bits per heavy atom. The molecular formula is C47H93N3O4S. The Balaban J connectivity index is 4.29. The molecule has 0 atom stereocenters. The summed E-state index contributed by atoms with van der Waals surface area (Å²) in [5.74, 6) is 0.00735. The van der Waals surface area contributed by atoms with Gasteiger partial charge in [0.2, 0.25) is 0 Å². The molecule has 8 heteroatoms. The minimum absolute atomic E-state index is 0.0188. The summed E-state index contributed by atoms with van der Waals surface area (Å²) in [6.07, 6.45) is 39.8. The monoisotopic (exact) mass is 796 g/mol. The molecular weight excluding hydrogens is 703 g/mol. The van der Waals surface area contributed by atoms with E-state index in [1.807, 2.05) is 7.05 Å². The number of hydrogen-bond donors (Lipinski definition) is 2. The van der Waals surface area contributed by atoms with Crippen molar-refractivity contribution in [3.05, 3.63) is 0 Å². The van der Waals surface area contributed by atoms with Crippen LogP contribution in [0.2, 0.25) is 0 Å². The van der Waals surface area contributed by atoms with Gasteiger partial charge in [-0.2, -0.15) is 0 Å². The lowest BCUT2D eigenvalue weighted by Crippen LogP contribution is -2.35. The van der Waals surface area contributed by atoms with Gasteiger partial charge in [-0.1, -0.05) is 162 Å². The summed E-state index contributed by atoms with van der Waals surface area (Å²) >= 11 is 5.25. The van der Waals surface area contributed by atoms with Crippen LogP contribution in [0.25, 0.3) is 0 Å². The van der Waals surface area contributed by atoms with Crippen molar-refractivity contribution in [2.75, 3.05) is 39.8 Å². The van der Waals surface area contributed by atoms with Crippen molar-refractivity contribution in [1.82, 2.24) is 15.5 Å². The van der Waals surface area contributed by atoms with Gasteiger partial charge in [0.15, 0.2) is 5.11 Å². The first-order chi connectivity index (χ1) is 27.0. The molecule has 0 spiro atoms. The minimum Gasteiger partial charge on any atom is -0.466 e. The fourth-order valence-corrected chi connectivity index (χ4v) is 7.43. The molecule has 0 heterocycles. The van der Waals surface area contributed by atoms with Gasteiger partial charge in [-0.25, -0.2) is 0 Å². The van der Waals surface area contributed by atoms with Crippen molar-refractivity contribution in [2.45, 2.75) is 245 Å². The summed E-state index contributed by atoms with van der Waals surface area (Å²) in [5.41, 5.74) is 0. The van der Waals surface area contributed by atoms with Gasteiger partial charge in [-0.15, -0.1) is 0 Å². The number of thiocarbonyl (C=S) groups is 1. The van der Waals surface area contributed by atoms with Gasteiger partial charge >= 0.3 is 11.9 Å². The highest BCUT2D eigenvalue weighted by molar-refractivity contribution is 7.80. The van der Waals surface area contributed by atoms with Gasteiger partial charge < -0.3 is 25.0 Å². The largest absolute Gasteiger partial charge is 0.466 e. The van der Waals surface area contributed by atoms with Crippen LogP contribution in [0.4, 0.5) is 0 Å². The van der Waals surface area contributed by atoms with E-state index in [0.29, 0.717) is 24.6 Å². The van der Waals surface area contributed by atoms with Crippen LogP contribution < -0.4 is 10.6 Å². The number of ether oxygens (including phenoxy) is 2. The van der Waals surface area contributed by atoms with Gasteiger partial charge in [0, 0.05) is 26.4 Å². The van der Waals surface area contributed by atoms with E-state index in [2.05, 4.69) is 36.3 Å². The molecule has 0 saturated heterocycles. The van der Waals surface area contributed by atoms with Gasteiger partial charge in [-0.05, 0) is 96.1 Å². The molecule has 0 aromatic heterocycles. The molecule has 0 aliphatic heterocycles.